The molecule has 1 saturated carbocycles. The molecule has 3 aromatic rings. The Morgan fingerprint density at radius 3 is 2.91 bits per heavy atom. The minimum Gasteiger partial charge on any atom is -0.378 e. The number of pyridine rings is 1. The van der Waals surface area contributed by atoms with Crippen molar-refractivity contribution in [1.82, 2.24) is 24.9 Å². The molecule has 0 aromatic carbocycles. The lowest BCUT2D eigenvalue weighted by Gasteiger charge is -2.29. The largest absolute Gasteiger partial charge is 0.378 e. The van der Waals surface area contributed by atoms with Crippen molar-refractivity contribution in [2.75, 3.05) is 41.8 Å². The summed E-state index contributed by atoms with van der Waals surface area (Å²) in [7, 11) is 0. The summed E-state index contributed by atoms with van der Waals surface area (Å²) in [6.45, 7) is 7.63. The second-order valence-electron chi connectivity index (χ2n) is 9.09. The van der Waals surface area contributed by atoms with Gasteiger partial charge < -0.3 is 25.6 Å². The van der Waals surface area contributed by atoms with Gasteiger partial charge in [-0.1, -0.05) is 12.6 Å². The van der Waals surface area contributed by atoms with E-state index in [4.69, 9.17) is 9.72 Å². The number of amides is 1. The van der Waals surface area contributed by atoms with E-state index in [0.717, 1.165) is 65.7 Å². The first-order valence-corrected chi connectivity index (χ1v) is 12.0. The summed E-state index contributed by atoms with van der Waals surface area (Å²) in [6.07, 6.45) is 8.17. The van der Waals surface area contributed by atoms with Crippen LogP contribution in [0.4, 0.5) is 17.5 Å². The van der Waals surface area contributed by atoms with E-state index in [9.17, 15) is 4.79 Å². The molecule has 2 aliphatic heterocycles. The number of anilines is 3. The second kappa shape index (κ2) is 9.03. The maximum absolute atomic E-state index is 11.8. The Morgan fingerprint density at radius 1 is 1.29 bits per heavy atom. The molecule has 6 rings (SSSR count). The van der Waals surface area contributed by atoms with Crippen molar-refractivity contribution in [1.29, 1.82) is 0 Å². The summed E-state index contributed by atoms with van der Waals surface area (Å²) in [5.41, 5.74) is 4.16. The smallest absolute Gasteiger partial charge is 0.228 e. The van der Waals surface area contributed by atoms with Gasteiger partial charge in [0.05, 0.1) is 25.8 Å². The summed E-state index contributed by atoms with van der Waals surface area (Å²) in [5, 5.41) is 14.4. The van der Waals surface area contributed by atoms with Crippen molar-refractivity contribution in [2.24, 2.45) is 0 Å². The lowest BCUT2D eigenvalue weighted by Crippen LogP contribution is -2.37. The summed E-state index contributed by atoms with van der Waals surface area (Å²) in [5.74, 6) is 2.57. The van der Waals surface area contributed by atoms with E-state index < -0.39 is 0 Å². The number of carbonyl (C=O) groups is 1. The Labute approximate surface area is 203 Å². The fraction of sp³-hybridized carbons (Fsp3) is 0.360. The Kier molecular flexibility index (Phi) is 5.57. The standard InChI is InChI=1S/C25H28N8O2/c1-16-18(12-23(34)29-16)11-19-15-28-33-22(30-20-4-5-20)13-21(31-25(19)33)27-14-17-3-2-6-26-24(17)32-7-9-35-10-8-32/h2-3,6,11,13,15,20,30H,1,4-5,7-10,12,14H2,(H,27,31)(H,29,34)/b18-11+. The zero-order valence-corrected chi connectivity index (χ0v) is 19.5. The highest BCUT2D eigenvalue weighted by atomic mass is 16.5. The molecule has 3 aromatic heterocycles. The maximum Gasteiger partial charge on any atom is 0.228 e. The third-order valence-corrected chi connectivity index (χ3v) is 6.43. The molecule has 35 heavy (non-hydrogen) atoms. The van der Waals surface area contributed by atoms with Gasteiger partial charge in [0.1, 0.15) is 17.5 Å². The molecule has 10 heteroatoms. The minimum atomic E-state index is -0.0447. The molecule has 3 aliphatic rings. The molecule has 3 N–H and O–H groups in total. The predicted octanol–water partition coefficient (Wildman–Crippen LogP) is 2.56. The molecule has 1 aliphatic carbocycles. The van der Waals surface area contributed by atoms with Crippen LogP contribution in [0.2, 0.25) is 0 Å². The van der Waals surface area contributed by atoms with Gasteiger partial charge in [-0.3, -0.25) is 4.79 Å². The number of fused-ring (bicyclic) bond motifs is 1. The van der Waals surface area contributed by atoms with E-state index in [2.05, 4.69) is 43.6 Å². The van der Waals surface area contributed by atoms with E-state index in [1.807, 2.05) is 28.9 Å². The highest BCUT2D eigenvalue weighted by Crippen LogP contribution is 2.29. The number of nitrogens with zero attached hydrogens (tertiary/aromatic N) is 5. The Bertz CT molecular complexity index is 1320. The fourth-order valence-corrected chi connectivity index (χ4v) is 4.42. The number of aromatic nitrogens is 4. The SMILES string of the molecule is C=C1NC(=O)C/C1=C\c1cnn2c(NC3CC3)cc(NCc3cccnc3N3CCOCC3)nc12. The van der Waals surface area contributed by atoms with Crippen molar-refractivity contribution in [3.8, 4) is 0 Å². The van der Waals surface area contributed by atoms with E-state index in [1.54, 1.807) is 6.20 Å². The van der Waals surface area contributed by atoms with Crippen molar-refractivity contribution in [2.45, 2.75) is 31.8 Å². The van der Waals surface area contributed by atoms with E-state index in [-0.39, 0.29) is 5.91 Å². The topological polar surface area (TPSA) is 109 Å². The zero-order valence-electron chi connectivity index (χ0n) is 19.5. The predicted molar refractivity (Wildman–Crippen MR) is 134 cm³/mol. The van der Waals surface area contributed by atoms with Crippen molar-refractivity contribution in [3.05, 3.63) is 59.6 Å². The van der Waals surface area contributed by atoms with Crippen LogP contribution in [-0.4, -0.2) is 57.8 Å². The van der Waals surface area contributed by atoms with Crippen LogP contribution < -0.4 is 20.9 Å². The monoisotopic (exact) mass is 472 g/mol. The first-order chi connectivity index (χ1) is 17.1. The van der Waals surface area contributed by atoms with Crippen molar-refractivity contribution < 1.29 is 9.53 Å². The number of carbonyl (C=O) groups excluding carboxylic acids is 1. The number of rotatable bonds is 7. The van der Waals surface area contributed by atoms with E-state index in [0.29, 0.717) is 37.9 Å². The average molecular weight is 473 g/mol. The number of nitrogens with one attached hydrogen (secondary N) is 3. The van der Waals surface area contributed by atoms with Crippen LogP contribution in [0.3, 0.4) is 0 Å². The van der Waals surface area contributed by atoms with Crippen LogP contribution in [0, 0.1) is 0 Å². The molecule has 0 atom stereocenters. The van der Waals surface area contributed by atoms with Crippen LogP contribution in [0.25, 0.3) is 11.7 Å². The van der Waals surface area contributed by atoms with Gasteiger partial charge in [-0.05, 0) is 30.6 Å². The maximum atomic E-state index is 11.8. The molecule has 0 bridgehead atoms. The van der Waals surface area contributed by atoms with E-state index in [1.165, 1.54) is 0 Å². The number of hydrogen-bond acceptors (Lipinski definition) is 8. The van der Waals surface area contributed by atoms with Gasteiger partial charge in [0, 0.05) is 54.8 Å². The highest BCUT2D eigenvalue weighted by molar-refractivity contribution is 5.89. The molecule has 180 valence electrons. The lowest BCUT2D eigenvalue weighted by molar-refractivity contribution is -0.118. The minimum absolute atomic E-state index is 0.0447. The number of morpholine rings is 1. The normalized spacial score (nSPS) is 19.4. The van der Waals surface area contributed by atoms with E-state index >= 15 is 0 Å². The third kappa shape index (κ3) is 4.57. The van der Waals surface area contributed by atoms with Gasteiger partial charge in [-0.25, -0.2) is 9.97 Å². The van der Waals surface area contributed by atoms with Gasteiger partial charge in [-0.15, -0.1) is 0 Å². The van der Waals surface area contributed by atoms with Crippen LogP contribution >= 0.6 is 0 Å². The molecule has 0 radical (unpaired) electrons. The highest BCUT2D eigenvalue weighted by Gasteiger charge is 2.24. The average Bonchev–Trinajstić information content (AvgIpc) is 3.51. The van der Waals surface area contributed by atoms with Crippen molar-refractivity contribution >= 4 is 35.1 Å². The first-order valence-electron chi connectivity index (χ1n) is 12.0. The van der Waals surface area contributed by atoms with Gasteiger partial charge >= 0.3 is 0 Å². The number of ether oxygens (including phenoxy) is 1. The molecule has 0 spiro atoms. The molecule has 10 nitrogen and oxygen atoms in total. The lowest BCUT2D eigenvalue weighted by atomic mass is 10.1. The summed E-state index contributed by atoms with van der Waals surface area (Å²) >= 11 is 0. The van der Waals surface area contributed by atoms with Crippen LogP contribution in [-0.2, 0) is 16.1 Å². The Morgan fingerprint density at radius 2 is 2.14 bits per heavy atom. The molecule has 5 heterocycles. The summed E-state index contributed by atoms with van der Waals surface area (Å²) in [4.78, 5) is 23.6. The quantitative estimate of drug-likeness (QED) is 0.482. The molecule has 2 saturated heterocycles. The molecule has 0 unspecified atom stereocenters. The molecule has 1 amide bonds. The van der Waals surface area contributed by atoms with Gasteiger partial charge in [-0.2, -0.15) is 9.61 Å². The van der Waals surface area contributed by atoms with Crippen LogP contribution in [0.5, 0.6) is 0 Å². The number of allylic oxidation sites excluding steroid dienone is 1. The summed E-state index contributed by atoms with van der Waals surface area (Å²) in [6, 6.07) is 6.52. The Balaban J connectivity index is 1.31. The van der Waals surface area contributed by atoms with Gasteiger partial charge in [0.2, 0.25) is 5.91 Å². The van der Waals surface area contributed by atoms with Gasteiger partial charge in [0.25, 0.3) is 0 Å². The molecule has 3 fully saturated rings. The van der Waals surface area contributed by atoms with Crippen LogP contribution in [0.1, 0.15) is 30.4 Å². The van der Waals surface area contributed by atoms with Crippen LogP contribution in [0.15, 0.2) is 48.4 Å². The molecular weight excluding hydrogens is 444 g/mol. The fourth-order valence-electron chi connectivity index (χ4n) is 4.42. The Hall–Kier alpha value is -3.92. The zero-order chi connectivity index (χ0) is 23.8. The first kappa shape index (κ1) is 21.6. The summed E-state index contributed by atoms with van der Waals surface area (Å²) < 4.78 is 7.33. The second-order valence-corrected chi connectivity index (χ2v) is 9.09. The third-order valence-electron chi connectivity index (χ3n) is 6.43. The van der Waals surface area contributed by atoms with Gasteiger partial charge in [0.15, 0.2) is 5.65 Å². The number of hydrogen-bond donors (Lipinski definition) is 3. The molecular formula is C25H28N8O2. The van der Waals surface area contributed by atoms with Crippen molar-refractivity contribution in [3.63, 3.8) is 0 Å².